The molecule has 4 rings (SSSR count). The minimum absolute atomic E-state index is 0.266. The first kappa shape index (κ1) is 16.3. The predicted molar refractivity (Wildman–Crippen MR) is 100 cm³/mol. The van der Waals surface area contributed by atoms with Gasteiger partial charge in [0.25, 0.3) is 0 Å². The van der Waals surface area contributed by atoms with Gasteiger partial charge in [-0.2, -0.15) is 10.2 Å². The minimum Gasteiger partial charge on any atom is -0.445 e. The van der Waals surface area contributed by atoms with Gasteiger partial charge >= 0.3 is 6.09 Å². The molecule has 0 saturated carbocycles. The van der Waals surface area contributed by atoms with Crippen LogP contribution in [-0.2, 0) is 11.3 Å². The number of hydrogen-bond acceptors (Lipinski definition) is 4. The van der Waals surface area contributed by atoms with Gasteiger partial charge in [-0.05, 0) is 41.3 Å². The Morgan fingerprint density at radius 1 is 1.12 bits per heavy atom. The second-order valence-electron chi connectivity index (χ2n) is 6.27. The Labute approximate surface area is 151 Å². The van der Waals surface area contributed by atoms with Crippen molar-refractivity contribution in [3.8, 4) is 0 Å². The van der Waals surface area contributed by atoms with Crippen molar-refractivity contribution < 1.29 is 9.53 Å². The van der Waals surface area contributed by atoms with Crippen molar-refractivity contribution in [2.75, 3.05) is 13.1 Å². The number of carbonyl (C=O) groups is 1. The fourth-order valence-electron chi connectivity index (χ4n) is 3.10. The van der Waals surface area contributed by atoms with Crippen LogP contribution in [0.2, 0.25) is 0 Å². The molecule has 1 aromatic heterocycles. The molecule has 0 spiro atoms. The maximum absolute atomic E-state index is 12.2. The second-order valence-corrected chi connectivity index (χ2v) is 6.27. The maximum Gasteiger partial charge on any atom is 0.410 e. The molecule has 5 nitrogen and oxygen atoms in total. The molecule has 1 aliphatic heterocycles. The molecule has 5 heteroatoms. The Kier molecular flexibility index (Phi) is 4.60. The minimum atomic E-state index is -0.266. The van der Waals surface area contributed by atoms with Crippen LogP contribution in [0.15, 0.2) is 66.9 Å². The molecule has 2 aromatic carbocycles. The quantitative estimate of drug-likeness (QED) is 0.718. The number of rotatable bonds is 3. The van der Waals surface area contributed by atoms with Crippen molar-refractivity contribution in [1.82, 2.24) is 15.1 Å². The summed E-state index contributed by atoms with van der Waals surface area (Å²) in [6.45, 7) is 1.53. The van der Waals surface area contributed by atoms with Crippen LogP contribution in [-0.4, -0.2) is 34.3 Å². The van der Waals surface area contributed by atoms with Crippen molar-refractivity contribution in [3.63, 3.8) is 0 Å². The number of aromatic nitrogens is 2. The third kappa shape index (κ3) is 3.57. The zero-order valence-corrected chi connectivity index (χ0v) is 14.3. The average Bonchev–Trinajstić information content (AvgIpc) is 2.72. The van der Waals surface area contributed by atoms with E-state index in [-0.39, 0.29) is 6.09 Å². The standard InChI is InChI=1S/C21H19N3O2/c25-21(26-15-16-4-2-1-3-5-16)24-12-9-17(10-13-24)18-6-7-20-19(14-18)8-11-22-23-20/h1-9,11,14H,10,12-13,15H2. The molecule has 130 valence electrons. The Morgan fingerprint density at radius 3 is 2.81 bits per heavy atom. The molecule has 0 unspecified atom stereocenters. The molecule has 0 fully saturated rings. The van der Waals surface area contributed by atoms with E-state index < -0.39 is 0 Å². The van der Waals surface area contributed by atoms with Crippen LogP contribution in [0.3, 0.4) is 0 Å². The van der Waals surface area contributed by atoms with Gasteiger partial charge in [0.1, 0.15) is 6.61 Å². The second kappa shape index (κ2) is 7.35. The van der Waals surface area contributed by atoms with Gasteiger partial charge in [-0.1, -0.05) is 42.5 Å². The van der Waals surface area contributed by atoms with E-state index >= 15 is 0 Å². The van der Waals surface area contributed by atoms with Crippen LogP contribution in [0.5, 0.6) is 0 Å². The highest BCUT2D eigenvalue weighted by Crippen LogP contribution is 2.25. The van der Waals surface area contributed by atoms with Gasteiger partial charge in [0.2, 0.25) is 0 Å². The molecule has 3 aromatic rings. The molecule has 26 heavy (non-hydrogen) atoms. The van der Waals surface area contributed by atoms with Crippen LogP contribution in [0.1, 0.15) is 17.5 Å². The van der Waals surface area contributed by atoms with Crippen LogP contribution in [0.4, 0.5) is 4.79 Å². The predicted octanol–water partition coefficient (Wildman–Crippen LogP) is 4.06. The van der Waals surface area contributed by atoms with Gasteiger partial charge in [0.05, 0.1) is 11.7 Å². The normalized spacial score (nSPS) is 14.2. The van der Waals surface area contributed by atoms with E-state index in [4.69, 9.17) is 4.74 Å². The van der Waals surface area contributed by atoms with Crippen molar-refractivity contribution in [3.05, 3.63) is 78.0 Å². The van der Waals surface area contributed by atoms with E-state index in [1.54, 1.807) is 11.1 Å². The van der Waals surface area contributed by atoms with Crippen molar-refractivity contribution in [2.24, 2.45) is 0 Å². The van der Waals surface area contributed by atoms with E-state index in [0.29, 0.717) is 19.7 Å². The molecule has 0 atom stereocenters. The number of ether oxygens (including phenoxy) is 1. The first-order valence-corrected chi connectivity index (χ1v) is 8.66. The van der Waals surface area contributed by atoms with Crippen LogP contribution >= 0.6 is 0 Å². The molecule has 1 amide bonds. The smallest absolute Gasteiger partial charge is 0.410 e. The molecule has 2 heterocycles. The van der Waals surface area contributed by atoms with Crippen molar-refractivity contribution in [2.45, 2.75) is 13.0 Å². The first-order chi connectivity index (χ1) is 12.8. The summed E-state index contributed by atoms with van der Waals surface area (Å²) >= 11 is 0. The monoisotopic (exact) mass is 345 g/mol. The first-order valence-electron chi connectivity index (χ1n) is 8.66. The lowest BCUT2D eigenvalue weighted by molar-refractivity contribution is 0.0998. The third-order valence-corrected chi connectivity index (χ3v) is 4.56. The summed E-state index contributed by atoms with van der Waals surface area (Å²) < 4.78 is 5.41. The molecule has 0 N–H and O–H groups in total. The van der Waals surface area contributed by atoms with Crippen molar-refractivity contribution >= 4 is 22.6 Å². The van der Waals surface area contributed by atoms with Crippen LogP contribution in [0, 0.1) is 0 Å². The maximum atomic E-state index is 12.2. The van der Waals surface area contributed by atoms with Crippen LogP contribution < -0.4 is 0 Å². The Hall–Kier alpha value is -3.21. The number of carbonyl (C=O) groups excluding carboxylic acids is 1. The lowest BCUT2D eigenvalue weighted by Crippen LogP contribution is -2.35. The topological polar surface area (TPSA) is 55.3 Å². The van der Waals surface area contributed by atoms with E-state index in [0.717, 1.165) is 22.9 Å². The molecule has 0 bridgehead atoms. The summed E-state index contributed by atoms with van der Waals surface area (Å²) in [4.78, 5) is 14.0. The highest BCUT2D eigenvalue weighted by atomic mass is 16.6. The fourth-order valence-corrected chi connectivity index (χ4v) is 3.10. The van der Waals surface area contributed by atoms with Gasteiger partial charge in [-0.15, -0.1) is 0 Å². The van der Waals surface area contributed by atoms with Gasteiger partial charge in [0, 0.05) is 18.5 Å². The molecule has 0 saturated heterocycles. The highest BCUT2D eigenvalue weighted by molar-refractivity contribution is 5.83. The number of nitrogens with zero attached hydrogens (tertiary/aromatic N) is 3. The number of amides is 1. The van der Waals surface area contributed by atoms with E-state index in [9.17, 15) is 4.79 Å². The van der Waals surface area contributed by atoms with Crippen LogP contribution in [0.25, 0.3) is 16.5 Å². The molecular weight excluding hydrogens is 326 g/mol. The number of fused-ring (bicyclic) bond motifs is 1. The van der Waals surface area contributed by atoms with E-state index in [1.165, 1.54) is 11.1 Å². The fraction of sp³-hybridized carbons (Fsp3) is 0.190. The van der Waals surface area contributed by atoms with Gasteiger partial charge in [0.15, 0.2) is 0 Å². The average molecular weight is 345 g/mol. The summed E-state index contributed by atoms with van der Waals surface area (Å²) in [5.74, 6) is 0. The molecular formula is C21H19N3O2. The zero-order chi connectivity index (χ0) is 17.8. The molecule has 1 aliphatic rings. The van der Waals surface area contributed by atoms with E-state index in [1.807, 2.05) is 42.5 Å². The third-order valence-electron chi connectivity index (χ3n) is 4.56. The lowest BCUT2D eigenvalue weighted by atomic mass is 9.98. The Morgan fingerprint density at radius 2 is 2.00 bits per heavy atom. The Balaban J connectivity index is 1.40. The van der Waals surface area contributed by atoms with Gasteiger partial charge < -0.3 is 9.64 Å². The molecule has 0 aliphatic carbocycles. The largest absolute Gasteiger partial charge is 0.445 e. The summed E-state index contributed by atoms with van der Waals surface area (Å²) in [5, 5.41) is 9.08. The summed E-state index contributed by atoms with van der Waals surface area (Å²) in [5.41, 5.74) is 4.30. The number of hydrogen-bond donors (Lipinski definition) is 0. The van der Waals surface area contributed by atoms with E-state index in [2.05, 4.69) is 28.4 Å². The van der Waals surface area contributed by atoms with Gasteiger partial charge in [-0.3, -0.25) is 0 Å². The molecule has 0 radical (unpaired) electrons. The number of benzene rings is 2. The van der Waals surface area contributed by atoms with Gasteiger partial charge in [-0.25, -0.2) is 4.79 Å². The summed E-state index contributed by atoms with van der Waals surface area (Å²) in [7, 11) is 0. The highest BCUT2D eigenvalue weighted by Gasteiger charge is 2.19. The lowest BCUT2D eigenvalue weighted by Gasteiger charge is -2.26. The zero-order valence-electron chi connectivity index (χ0n) is 14.3. The SMILES string of the molecule is O=C(OCc1ccccc1)N1CC=C(c2ccc3nnccc3c2)CC1. The summed E-state index contributed by atoms with van der Waals surface area (Å²) in [6.07, 6.45) is 4.34. The summed E-state index contributed by atoms with van der Waals surface area (Å²) in [6, 6.07) is 17.9. The Bertz CT molecular complexity index is 954. The van der Waals surface area contributed by atoms with Crippen molar-refractivity contribution in [1.29, 1.82) is 0 Å².